The van der Waals surface area contributed by atoms with Crippen molar-refractivity contribution < 1.29 is 24.2 Å². The summed E-state index contributed by atoms with van der Waals surface area (Å²) in [5.74, 6) is 0.634. The van der Waals surface area contributed by atoms with Crippen molar-refractivity contribution in [1.29, 1.82) is 0 Å². The van der Waals surface area contributed by atoms with Crippen molar-refractivity contribution in [2.75, 3.05) is 6.61 Å². The van der Waals surface area contributed by atoms with Crippen LogP contribution in [0.3, 0.4) is 0 Å². The second-order valence-corrected chi connectivity index (χ2v) is 3.22. The molecule has 2 heterocycles. The molecule has 84 valence electrons. The molecule has 0 amide bonds. The lowest BCUT2D eigenvalue weighted by molar-refractivity contribution is -0.132. The number of hydrogen-bond acceptors (Lipinski definition) is 5. The number of carbonyl (C=O) groups excluding carboxylic acids is 1. The molecule has 5 heteroatoms. The number of aliphatic hydroxyl groups is 2. The Labute approximate surface area is 91.3 Å². The zero-order chi connectivity index (χ0) is 11.5. The van der Waals surface area contributed by atoms with E-state index in [2.05, 4.69) is 0 Å². The van der Waals surface area contributed by atoms with Crippen LogP contribution in [0.1, 0.15) is 11.5 Å². The van der Waals surface area contributed by atoms with Gasteiger partial charge in [0.1, 0.15) is 23.9 Å². The largest absolute Gasteiger partial charge is 0.459 e. The maximum absolute atomic E-state index is 11.0. The van der Waals surface area contributed by atoms with E-state index >= 15 is 0 Å². The van der Waals surface area contributed by atoms with Crippen LogP contribution in [-0.4, -0.2) is 22.8 Å². The van der Waals surface area contributed by atoms with E-state index in [-0.39, 0.29) is 19.0 Å². The molecule has 0 aliphatic carbocycles. The van der Waals surface area contributed by atoms with Crippen LogP contribution >= 0.6 is 0 Å². The van der Waals surface area contributed by atoms with Gasteiger partial charge in [-0.05, 0) is 12.1 Å². The average molecular weight is 222 g/mol. The minimum atomic E-state index is -0.510. The number of aliphatic hydroxyl groups excluding tert-OH is 2. The van der Waals surface area contributed by atoms with Crippen molar-refractivity contribution >= 4 is 12.0 Å². The predicted molar refractivity (Wildman–Crippen MR) is 53.9 cm³/mol. The van der Waals surface area contributed by atoms with Gasteiger partial charge in [0.25, 0.3) is 0 Å². The summed E-state index contributed by atoms with van der Waals surface area (Å²) in [6.45, 7) is -0.462. The topological polar surface area (TPSA) is 79.9 Å². The fourth-order valence-electron chi connectivity index (χ4n) is 1.35. The Kier molecular flexibility index (Phi) is 2.89. The third-order valence-electron chi connectivity index (χ3n) is 2.10. The summed E-state index contributed by atoms with van der Waals surface area (Å²) < 4.78 is 10.1. The predicted octanol–water partition coefficient (Wildman–Crippen LogP) is 0.588. The van der Waals surface area contributed by atoms with Crippen LogP contribution in [0.2, 0.25) is 0 Å². The van der Waals surface area contributed by atoms with Gasteiger partial charge in [0, 0.05) is 17.7 Å². The van der Waals surface area contributed by atoms with Crippen LogP contribution < -0.4 is 0 Å². The molecule has 1 aromatic rings. The second kappa shape index (κ2) is 4.34. The maximum atomic E-state index is 11.0. The van der Waals surface area contributed by atoms with Crippen molar-refractivity contribution in [3.05, 3.63) is 41.1 Å². The summed E-state index contributed by atoms with van der Waals surface area (Å²) in [6.07, 6.45) is 2.72. The van der Waals surface area contributed by atoms with Gasteiger partial charge >= 0.3 is 5.97 Å². The number of rotatable bonds is 3. The van der Waals surface area contributed by atoms with Gasteiger partial charge in [-0.2, -0.15) is 0 Å². The molecule has 0 radical (unpaired) electrons. The summed E-state index contributed by atoms with van der Waals surface area (Å²) in [4.78, 5) is 11.0. The van der Waals surface area contributed by atoms with Gasteiger partial charge in [0.05, 0.1) is 6.61 Å². The van der Waals surface area contributed by atoms with Crippen LogP contribution in [0.5, 0.6) is 0 Å². The van der Waals surface area contributed by atoms with Crippen LogP contribution in [0.4, 0.5) is 0 Å². The highest BCUT2D eigenvalue weighted by molar-refractivity contribution is 5.89. The van der Waals surface area contributed by atoms with Crippen molar-refractivity contribution in [3.63, 3.8) is 0 Å². The standard InChI is InChI=1S/C11H10O5/c12-5-7-3-11(14)16-10(7)4-8-1-2-9(6-13)15-8/h1-4,12-13H,5-6H2. The van der Waals surface area contributed by atoms with Gasteiger partial charge in [-0.15, -0.1) is 0 Å². The fourth-order valence-corrected chi connectivity index (χ4v) is 1.35. The van der Waals surface area contributed by atoms with Gasteiger partial charge in [0.15, 0.2) is 0 Å². The number of cyclic esters (lactones) is 1. The van der Waals surface area contributed by atoms with Crippen LogP contribution in [0.25, 0.3) is 6.08 Å². The minimum Gasteiger partial charge on any atom is -0.459 e. The van der Waals surface area contributed by atoms with Crippen LogP contribution in [-0.2, 0) is 16.1 Å². The Hall–Kier alpha value is -1.85. The molecule has 16 heavy (non-hydrogen) atoms. The Morgan fingerprint density at radius 1 is 1.25 bits per heavy atom. The number of hydrogen-bond donors (Lipinski definition) is 2. The molecule has 1 aromatic heterocycles. The Balaban J connectivity index is 2.24. The quantitative estimate of drug-likeness (QED) is 0.731. The van der Waals surface area contributed by atoms with Crippen molar-refractivity contribution in [3.8, 4) is 0 Å². The number of furan rings is 1. The molecular weight excluding hydrogens is 212 g/mol. The smallest absolute Gasteiger partial charge is 0.336 e. The Morgan fingerprint density at radius 3 is 2.69 bits per heavy atom. The first-order valence-electron chi connectivity index (χ1n) is 4.68. The van der Waals surface area contributed by atoms with Crippen molar-refractivity contribution in [1.82, 2.24) is 0 Å². The molecule has 0 spiro atoms. The first-order valence-corrected chi connectivity index (χ1v) is 4.68. The highest BCUT2D eigenvalue weighted by Gasteiger charge is 2.19. The zero-order valence-corrected chi connectivity index (χ0v) is 8.34. The Bertz CT molecular complexity index is 466. The van der Waals surface area contributed by atoms with E-state index in [4.69, 9.17) is 19.4 Å². The first-order chi connectivity index (χ1) is 7.72. The van der Waals surface area contributed by atoms with E-state index in [1.807, 2.05) is 0 Å². The van der Waals surface area contributed by atoms with Gasteiger partial charge in [-0.3, -0.25) is 0 Å². The number of ether oxygens (including phenoxy) is 1. The van der Waals surface area contributed by atoms with E-state index in [0.717, 1.165) is 0 Å². The molecular formula is C11H10O5. The first kappa shape index (κ1) is 10.7. The van der Waals surface area contributed by atoms with Gasteiger partial charge in [-0.25, -0.2) is 4.79 Å². The molecule has 0 atom stereocenters. The second-order valence-electron chi connectivity index (χ2n) is 3.22. The number of carbonyl (C=O) groups is 1. The molecule has 0 saturated carbocycles. The summed E-state index contributed by atoms with van der Waals surface area (Å²) in [6, 6.07) is 3.26. The van der Waals surface area contributed by atoms with Crippen LogP contribution in [0, 0.1) is 0 Å². The maximum Gasteiger partial charge on any atom is 0.336 e. The monoisotopic (exact) mass is 222 g/mol. The van der Waals surface area contributed by atoms with E-state index in [0.29, 0.717) is 17.1 Å². The highest BCUT2D eigenvalue weighted by atomic mass is 16.5. The molecule has 5 nitrogen and oxygen atoms in total. The average Bonchev–Trinajstić information content (AvgIpc) is 2.85. The van der Waals surface area contributed by atoms with Gasteiger partial charge in [0.2, 0.25) is 0 Å². The third-order valence-corrected chi connectivity index (χ3v) is 2.10. The molecule has 2 N–H and O–H groups in total. The fraction of sp³-hybridized carbons (Fsp3) is 0.182. The molecule has 2 rings (SSSR count). The van der Waals surface area contributed by atoms with E-state index in [1.165, 1.54) is 12.2 Å². The molecule has 0 aromatic carbocycles. The molecule has 0 fully saturated rings. The van der Waals surface area contributed by atoms with Crippen LogP contribution in [0.15, 0.2) is 34.0 Å². The highest BCUT2D eigenvalue weighted by Crippen LogP contribution is 2.22. The van der Waals surface area contributed by atoms with E-state index in [1.54, 1.807) is 12.1 Å². The zero-order valence-electron chi connectivity index (χ0n) is 8.34. The molecule has 0 unspecified atom stereocenters. The van der Waals surface area contributed by atoms with E-state index in [9.17, 15) is 4.79 Å². The molecule has 1 aliphatic heterocycles. The molecule has 0 saturated heterocycles. The lowest BCUT2D eigenvalue weighted by Gasteiger charge is -1.99. The summed E-state index contributed by atoms with van der Waals surface area (Å²) >= 11 is 0. The molecule has 1 aliphatic rings. The SMILES string of the molecule is O=C1C=C(CO)C(=Cc2ccc(CO)o2)O1. The molecule has 0 bridgehead atoms. The third kappa shape index (κ3) is 2.05. The number of esters is 1. The summed E-state index contributed by atoms with van der Waals surface area (Å²) in [5, 5.41) is 17.8. The van der Waals surface area contributed by atoms with E-state index < -0.39 is 5.97 Å². The summed E-state index contributed by atoms with van der Waals surface area (Å²) in [5.41, 5.74) is 0.409. The van der Waals surface area contributed by atoms with Crippen molar-refractivity contribution in [2.24, 2.45) is 0 Å². The lowest BCUT2D eigenvalue weighted by atomic mass is 10.2. The van der Waals surface area contributed by atoms with Gasteiger partial charge in [-0.1, -0.05) is 0 Å². The normalized spacial score (nSPS) is 17.8. The van der Waals surface area contributed by atoms with Gasteiger partial charge < -0.3 is 19.4 Å². The minimum absolute atomic E-state index is 0.189. The summed E-state index contributed by atoms with van der Waals surface area (Å²) in [7, 11) is 0. The van der Waals surface area contributed by atoms with Crippen molar-refractivity contribution in [2.45, 2.75) is 6.61 Å². The Morgan fingerprint density at radius 2 is 2.06 bits per heavy atom. The lowest BCUT2D eigenvalue weighted by Crippen LogP contribution is -1.93.